The van der Waals surface area contributed by atoms with E-state index >= 15 is 0 Å². The van der Waals surface area contributed by atoms with Crippen molar-refractivity contribution in [1.29, 1.82) is 0 Å². The van der Waals surface area contributed by atoms with Crippen LogP contribution in [0.4, 0.5) is 0 Å². The Kier molecular flexibility index (Phi) is 8.14. The van der Waals surface area contributed by atoms with Crippen molar-refractivity contribution in [2.45, 2.75) is 51.8 Å². The minimum Gasteiger partial charge on any atom is -0.313 e. The zero-order valence-electron chi connectivity index (χ0n) is 8.89. The Labute approximate surface area is 81.7 Å². The van der Waals surface area contributed by atoms with Gasteiger partial charge in [-0.1, -0.05) is 20.8 Å². The minimum atomic E-state index is 0.670. The number of nitrogens with one attached hydrogen (secondary N) is 1. The second-order valence-electron chi connectivity index (χ2n) is 3.41. The fraction of sp³-hybridized carbons (Fsp3) is 1.00. The highest BCUT2D eigenvalue weighted by Gasteiger charge is 2.03. The number of hydrogen-bond acceptors (Lipinski definition) is 2. The Hall–Kier alpha value is 0.310. The zero-order valence-corrected chi connectivity index (χ0v) is 9.71. The van der Waals surface area contributed by atoms with Crippen molar-refractivity contribution in [1.82, 2.24) is 5.32 Å². The SMILES string of the molecule is CCCNC(C)CSC(C)CC. The lowest BCUT2D eigenvalue weighted by atomic mass is 10.3. The first-order valence-electron chi connectivity index (χ1n) is 5.05. The molecule has 0 bridgehead atoms. The highest BCUT2D eigenvalue weighted by molar-refractivity contribution is 7.99. The van der Waals surface area contributed by atoms with Gasteiger partial charge in [-0.25, -0.2) is 0 Å². The smallest absolute Gasteiger partial charge is 0.0130 e. The third kappa shape index (κ3) is 6.99. The van der Waals surface area contributed by atoms with Crippen molar-refractivity contribution in [2.75, 3.05) is 12.3 Å². The first-order valence-corrected chi connectivity index (χ1v) is 6.10. The summed E-state index contributed by atoms with van der Waals surface area (Å²) in [7, 11) is 0. The Morgan fingerprint density at radius 3 is 2.42 bits per heavy atom. The molecule has 0 radical (unpaired) electrons. The van der Waals surface area contributed by atoms with Crippen LogP contribution in [-0.4, -0.2) is 23.6 Å². The average Bonchev–Trinajstić information content (AvgIpc) is 2.10. The number of rotatable bonds is 7. The Bertz CT molecular complexity index is 95.8. The van der Waals surface area contributed by atoms with E-state index in [2.05, 4.69) is 44.8 Å². The van der Waals surface area contributed by atoms with E-state index in [1.807, 2.05) is 0 Å². The van der Waals surface area contributed by atoms with Gasteiger partial charge in [0.05, 0.1) is 0 Å². The molecule has 74 valence electrons. The standard InChI is InChI=1S/C10H23NS/c1-5-7-11-9(3)8-12-10(4)6-2/h9-11H,5-8H2,1-4H3. The lowest BCUT2D eigenvalue weighted by Crippen LogP contribution is -2.29. The molecule has 0 heterocycles. The van der Waals surface area contributed by atoms with Crippen LogP contribution < -0.4 is 5.32 Å². The van der Waals surface area contributed by atoms with E-state index in [0.717, 1.165) is 11.8 Å². The molecule has 2 unspecified atom stereocenters. The van der Waals surface area contributed by atoms with Gasteiger partial charge in [-0.15, -0.1) is 0 Å². The second kappa shape index (κ2) is 7.93. The van der Waals surface area contributed by atoms with Crippen LogP contribution in [0.3, 0.4) is 0 Å². The zero-order chi connectivity index (χ0) is 9.40. The van der Waals surface area contributed by atoms with Gasteiger partial charge in [0.2, 0.25) is 0 Å². The lowest BCUT2D eigenvalue weighted by Gasteiger charge is -2.15. The van der Waals surface area contributed by atoms with E-state index in [9.17, 15) is 0 Å². The highest BCUT2D eigenvalue weighted by atomic mass is 32.2. The first kappa shape index (κ1) is 12.3. The molecule has 0 aliphatic heterocycles. The summed E-state index contributed by atoms with van der Waals surface area (Å²) in [6, 6.07) is 0.670. The van der Waals surface area contributed by atoms with Gasteiger partial charge in [-0.05, 0) is 26.3 Å². The molecule has 0 spiro atoms. The summed E-state index contributed by atoms with van der Waals surface area (Å²) in [5.74, 6) is 1.25. The van der Waals surface area contributed by atoms with Gasteiger partial charge in [-0.3, -0.25) is 0 Å². The van der Waals surface area contributed by atoms with Crippen LogP contribution in [0.25, 0.3) is 0 Å². The third-order valence-electron chi connectivity index (χ3n) is 1.95. The molecule has 0 saturated heterocycles. The predicted octanol–water partition coefficient (Wildman–Crippen LogP) is 2.91. The van der Waals surface area contributed by atoms with Crippen molar-refractivity contribution in [3.63, 3.8) is 0 Å². The van der Waals surface area contributed by atoms with Gasteiger partial charge >= 0.3 is 0 Å². The molecule has 0 aromatic heterocycles. The normalized spacial score (nSPS) is 16.0. The highest BCUT2D eigenvalue weighted by Crippen LogP contribution is 2.14. The number of hydrogen-bond donors (Lipinski definition) is 1. The Balaban J connectivity index is 3.24. The van der Waals surface area contributed by atoms with Crippen LogP contribution in [0.15, 0.2) is 0 Å². The maximum absolute atomic E-state index is 3.49. The first-order chi connectivity index (χ1) is 5.70. The van der Waals surface area contributed by atoms with Crippen LogP contribution in [0.1, 0.15) is 40.5 Å². The molecule has 1 N–H and O–H groups in total. The predicted molar refractivity (Wildman–Crippen MR) is 60.0 cm³/mol. The van der Waals surface area contributed by atoms with E-state index in [4.69, 9.17) is 0 Å². The van der Waals surface area contributed by atoms with E-state index in [0.29, 0.717) is 6.04 Å². The summed E-state index contributed by atoms with van der Waals surface area (Å²) in [5.41, 5.74) is 0. The molecule has 0 aromatic rings. The van der Waals surface area contributed by atoms with Crippen LogP contribution in [-0.2, 0) is 0 Å². The average molecular weight is 189 g/mol. The van der Waals surface area contributed by atoms with Crippen molar-refractivity contribution >= 4 is 11.8 Å². The second-order valence-corrected chi connectivity index (χ2v) is 4.88. The molecule has 0 aliphatic carbocycles. The molecule has 0 aromatic carbocycles. The molecular formula is C10H23NS. The van der Waals surface area contributed by atoms with Crippen molar-refractivity contribution in [2.24, 2.45) is 0 Å². The Morgan fingerprint density at radius 2 is 1.92 bits per heavy atom. The van der Waals surface area contributed by atoms with E-state index in [-0.39, 0.29) is 0 Å². The summed E-state index contributed by atoms with van der Waals surface area (Å²) in [6.07, 6.45) is 2.52. The van der Waals surface area contributed by atoms with Gasteiger partial charge in [-0.2, -0.15) is 11.8 Å². The fourth-order valence-corrected chi connectivity index (χ4v) is 1.85. The molecule has 1 nitrogen and oxygen atoms in total. The van der Waals surface area contributed by atoms with Crippen LogP contribution in [0, 0.1) is 0 Å². The summed E-state index contributed by atoms with van der Waals surface area (Å²) >= 11 is 2.07. The lowest BCUT2D eigenvalue weighted by molar-refractivity contribution is 0.589. The minimum absolute atomic E-state index is 0.670. The molecule has 2 atom stereocenters. The van der Waals surface area contributed by atoms with Crippen molar-refractivity contribution < 1.29 is 0 Å². The molecule has 0 saturated carbocycles. The largest absolute Gasteiger partial charge is 0.313 e. The molecule has 0 rings (SSSR count). The molecule has 2 heteroatoms. The van der Waals surface area contributed by atoms with Crippen molar-refractivity contribution in [3.8, 4) is 0 Å². The molecule has 12 heavy (non-hydrogen) atoms. The maximum Gasteiger partial charge on any atom is 0.0130 e. The molecule has 0 fully saturated rings. The van der Waals surface area contributed by atoms with Gasteiger partial charge in [0, 0.05) is 17.0 Å². The van der Waals surface area contributed by atoms with Gasteiger partial charge in [0.15, 0.2) is 0 Å². The summed E-state index contributed by atoms with van der Waals surface area (Å²) in [4.78, 5) is 0. The van der Waals surface area contributed by atoms with E-state index in [1.54, 1.807) is 0 Å². The van der Waals surface area contributed by atoms with Crippen LogP contribution in [0.5, 0.6) is 0 Å². The van der Waals surface area contributed by atoms with E-state index < -0.39 is 0 Å². The summed E-state index contributed by atoms with van der Waals surface area (Å²) in [6.45, 7) is 10.2. The monoisotopic (exact) mass is 189 g/mol. The quantitative estimate of drug-likeness (QED) is 0.661. The van der Waals surface area contributed by atoms with E-state index in [1.165, 1.54) is 18.6 Å². The van der Waals surface area contributed by atoms with Crippen LogP contribution in [0.2, 0.25) is 0 Å². The fourth-order valence-electron chi connectivity index (χ4n) is 0.876. The van der Waals surface area contributed by atoms with Gasteiger partial charge in [0.25, 0.3) is 0 Å². The third-order valence-corrected chi connectivity index (χ3v) is 3.54. The maximum atomic E-state index is 3.49. The van der Waals surface area contributed by atoms with Crippen LogP contribution >= 0.6 is 11.8 Å². The molecule has 0 aliphatic rings. The summed E-state index contributed by atoms with van der Waals surface area (Å²) in [5, 5.41) is 4.31. The van der Waals surface area contributed by atoms with Gasteiger partial charge < -0.3 is 5.32 Å². The molecule has 0 amide bonds. The topological polar surface area (TPSA) is 12.0 Å². The summed E-state index contributed by atoms with van der Waals surface area (Å²) < 4.78 is 0. The number of thioether (sulfide) groups is 1. The molecular weight excluding hydrogens is 166 g/mol. The van der Waals surface area contributed by atoms with Gasteiger partial charge in [0.1, 0.15) is 0 Å². The Morgan fingerprint density at radius 1 is 1.25 bits per heavy atom. The van der Waals surface area contributed by atoms with Crippen molar-refractivity contribution in [3.05, 3.63) is 0 Å².